The average Bonchev–Trinajstić information content (AvgIpc) is 2.62. The molecule has 25 heavy (non-hydrogen) atoms. The van der Waals surface area contributed by atoms with Crippen LogP contribution in [0.1, 0.15) is 16.1 Å². The van der Waals surface area contributed by atoms with Gasteiger partial charge in [0.25, 0.3) is 0 Å². The second-order valence-electron chi connectivity index (χ2n) is 5.40. The highest BCUT2D eigenvalue weighted by atomic mass is 16.5. The van der Waals surface area contributed by atoms with Crippen LogP contribution in [-0.4, -0.2) is 23.0 Å². The molecule has 126 valence electrons. The summed E-state index contributed by atoms with van der Waals surface area (Å²) in [5.41, 5.74) is 3.06. The molecule has 0 aliphatic rings. The zero-order valence-corrected chi connectivity index (χ0v) is 14.0. The number of ether oxygens (including phenoxy) is 1. The van der Waals surface area contributed by atoms with Gasteiger partial charge in [0.05, 0.1) is 12.7 Å². The summed E-state index contributed by atoms with van der Waals surface area (Å²) in [4.78, 5) is 20.3. The summed E-state index contributed by atoms with van der Waals surface area (Å²) in [7, 11) is 1.36. The monoisotopic (exact) mass is 334 g/mol. The molecule has 0 bridgehead atoms. The van der Waals surface area contributed by atoms with E-state index in [2.05, 4.69) is 20.6 Å². The number of esters is 1. The maximum atomic E-state index is 11.5. The second kappa shape index (κ2) is 7.44. The third-order valence-corrected chi connectivity index (χ3v) is 3.46. The van der Waals surface area contributed by atoms with Crippen molar-refractivity contribution in [3.63, 3.8) is 0 Å². The van der Waals surface area contributed by atoms with Crippen molar-refractivity contribution in [2.45, 2.75) is 6.92 Å². The molecule has 0 amide bonds. The van der Waals surface area contributed by atoms with E-state index in [1.54, 1.807) is 24.3 Å². The number of carbonyl (C=O) groups excluding carboxylic acids is 1. The number of nitrogens with zero attached hydrogens (tertiary/aromatic N) is 2. The van der Waals surface area contributed by atoms with Crippen molar-refractivity contribution in [3.8, 4) is 0 Å². The Balaban J connectivity index is 1.77. The lowest BCUT2D eigenvalue weighted by molar-refractivity contribution is 0.0601. The van der Waals surface area contributed by atoms with Gasteiger partial charge in [0.2, 0.25) is 5.95 Å². The Morgan fingerprint density at radius 1 is 0.920 bits per heavy atom. The summed E-state index contributed by atoms with van der Waals surface area (Å²) in [5, 5.41) is 6.39. The van der Waals surface area contributed by atoms with Crippen LogP contribution in [-0.2, 0) is 4.74 Å². The fourth-order valence-corrected chi connectivity index (χ4v) is 2.29. The first-order valence-corrected chi connectivity index (χ1v) is 7.77. The van der Waals surface area contributed by atoms with Gasteiger partial charge in [0, 0.05) is 23.1 Å². The predicted octanol–water partition coefficient (Wildman–Crippen LogP) is 4.06. The Kier molecular flexibility index (Phi) is 4.89. The molecule has 3 aromatic rings. The fraction of sp³-hybridized carbons (Fsp3) is 0.105. The zero-order chi connectivity index (χ0) is 17.6. The van der Waals surface area contributed by atoms with Crippen molar-refractivity contribution in [1.29, 1.82) is 0 Å². The van der Waals surface area contributed by atoms with Gasteiger partial charge in [-0.1, -0.05) is 18.2 Å². The standard InChI is InChI=1S/C19H18N4O2/c1-13-12-17(21-15-6-4-3-5-7-15)23-19(20-13)22-16-10-8-14(9-11-16)18(24)25-2/h3-12H,1-2H3,(H2,20,21,22,23). The molecule has 0 atom stereocenters. The lowest BCUT2D eigenvalue weighted by Crippen LogP contribution is -2.03. The molecule has 2 N–H and O–H groups in total. The van der Waals surface area contributed by atoms with Crippen LogP contribution < -0.4 is 10.6 Å². The first-order valence-electron chi connectivity index (χ1n) is 7.77. The summed E-state index contributed by atoms with van der Waals surface area (Å²) in [6.07, 6.45) is 0. The normalized spacial score (nSPS) is 10.2. The Labute approximate surface area is 145 Å². The molecule has 0 unspecified atom stereocenters. The molecule has 0 saturated heterocycles. The molecule has 0 radical (unpaired) electrons. The highest BCUT2D eigenvalue weighted by Gasteiger charge is 2.06. The molecule has 0 saturated carbocycles. The minimum atomic E-state index is -0.368. The molecule has 0 spiro atoms. The maximum Gasteiger partial charge on any atom is 0.337 e. The number of carbonyl (C=O) groups is 1. The van der Waals surface area contributed by atoms with E-state index in [9.17, 15) is 4.79 Å². The summed E-state index contributed by atoms with van der Waals surface area (Å²) in [5.74, 6) is 0.810. The van der Waals surface area contributed by atoms with Gasteiger partial charge >= 0.3 is 5.97 Å². The number of para-hydroxylation sites is 1. The minimum Gasteiger partial charge on any atom is -0.465 e. The topological polar surface area (TPSA) is 76.1 Å². The third-order valence-electron chi connectivity index (χ3n) is 3.46. The second-order valence-corrected chi connectivity index (χ2v) is 5.40. The van der Waals surface area contributed by atoms with Gasteiger partial charge in [-0.15, -0.1) is 0 Å². The first-order chi connectivity index (χ1) is 12.1. The number of hydrogen-bond acceptors (Lipinski definition) is 6. The van der Waals surface area contributed by atoms with Gasteiger partial charge in [-0.25, -0.2) is 9.78 Å². The van der Waals surface area contributed by atoms with Crippen LogP contribution in [0, 0.1) is 6.92 Å². The van der Waals surface area contributed by atoms with E-state index in [1.807, 2.05) is 43.3 Å². The van der Waals surface area contributed by atoms with Crippen LogP contribution >= 0.6 is 0 Å². The van der Waals surface area contributed by atoms with Crippen LogP contribution in [0.15, 0.2) is 60.7 Å². The maximum absolute atomic E-state index is 11.5. The van der Waals surface area contributed by atoms with Crippen LogP contribution in [0.4, 0.5) is 23.1 Å². The molecular weight excluding hydrogens is 316 g/mol. The summed E-state index contributed by atoms with van der Waals surface area (Å²) >= 11 is 0. The minimum absolute atomic E-state index is 0.368. The van der Waals surface area contributed by atoms with Gasteiger partial charge in [-0.3, -0.25) is 0 Å². The SMILES string of the molecule is COC(=O)c1ccc(Nc2nc(C)cc(Nc3ccccc3)n2)cc1. The Morgan fingerprint density at radius 2 is 1.60 bits per heavy atom. The largest absolute Gasteiger partial charge is 0.465 e. The Bertz CT molecular complexity index is 864. The zero-order valence-electron chi connectivity index (χ0n) is 14.0. The Hall–Kier alpha value is -3.41. The first kappa shape index (κ1) is 16.4. The molecule has 0 fully saturated rings. The molecule has 3 rings (SSSR count). The predicted molar refractivity (Wildman–Crippen MR) is 97.6 cm³/mol. The van der Waals surface area contributed by atoms with E-state index >= 15 is 0 Å². The number of rotatable bonds is 5. The summed E-state index contributed by atoms with van der Waals surface area (Å²) in [6, 6.07) is 18.6. The van der Waals surface area contributed by atoms with E-state index in [-0.39, 0.29) is 5.97 Å². The molecule has 6 heteroatoms. The molecule has 1 heterocycles. The van der Waals surface area contributed by atoms with Gasteiger partial charge in [0.1, 0.15) is 5.82 Å². The number of anilines is 4. The Morgan fingerprint density at radius 3 is 2.28 bits per heavy atom. The van der Waals surface area contributed by atoms with E-state index in [0.717, 1.165) is 17.1 Å². The van der Waals surface area contributed by atoms with Crippen molar-refractivity contribution >= 4 is 29.1 Å². The molecule has 2 aromatic carbocycles. The van der Waals surface area contributed by atoms with Gasteiger partial charge in [-0.05, 0) is 43.3 Å². The van der Waals surface area contributed by atoms with Crippen molar-refractivity contribution in [2.75, 3.05) is 17.7 Å². The van der Waals surface area contributed by atoms with Crippen LogP contribution in [0.25, 0.3) is 0 Å². The molecule has 1 aromatic heterocycles. The molecule has 6 nitrogen and oxygen atoms in total. The van der Waals surface area contributed by atoms with Gasteiger partial charge < -0.3 is 15.4 Å². The quantitative estimate of drug-likeness (QED) is 0.685. The van der Waals surface area contributed by atoms with Crippen molar-refractivity contribution in [2.24, 2.45) is 0 Å². The molecule has 0 aliphatic heterocycles. The van der Waals surface area contributed by atoms with Crippen molar-refractivity contribution in [3.05, 3.63) is 71.9 Å². The van der Waals surface area contributed by atoms with Crippen molar-refractivity contribution < 1.29 is 9.53 Å². The summed E-state index contributed by atoms with van der Waals surface area (Å²) in [6.45, 7) is 1.91. The third kappa shape index (κ3) is 4.32. The highest BCUT2D eigenvalue weighted by Crippen LogP contribution is 2.19. The van der Waals surface area contributed by atoms with E-state index in [4.69, 9.17) is 4.74 Å². The van der Waals surface area contributed by atoms with E-state index in [0.29, 0.717) is 17.3 Å². The number of aromatic nitrogens is 2. The number of aryl methyl sites for hydroxylation is 1. The number of benzene rings is 2. The number of methoxy groups -OCH3 is 1. The smallest absolute Gasteiger partial charge is 0.337 e. The van der Waals surface area contributed by atoms with Gasteiger partial charge in [0.15, 0.2) is 0 Å². The number of nitrogens with one attached hydrogen (secondary N) is 2. The van der Waals surface area contributed by atoms with Crippen LogP contribution in [0.5, 0.6) is 0 Å². The van der Waals surface area contributed by atoms with E-state index < -0.39 is 0 Å². The highest BCUT2D eigenvalue weighted by molar-refractivity contribution is 5.89. The number of hydrogen-bond donors (Lipinski definition) is 2. The summed E-state index contributed by atoms with van der Waals surface area (Å²) < 4.78 is 4.69. The molecule has 0 aliphatic carbocycles. The average molecular weight is 334 g/mol. The molecular formula is C19H18N4O2. The van der Waals surface area contributed by atoms with Crippen molar-refractivity contribution in [1.82, 2.24) is 9.97 Å². The lowest BCUT2D eigenvalue weighted by Gasteiger charge is -2.10. The fourth-order valence-electron chi connectivity index (χ4n) is 2.29. The van der Waals surface area contributed by atoms with Gasteiger partial charge in [-0.2, -0.15) is 4.98 Å². The van der Waals surface area contributed by atoms with E-state index in [1.165, 1.54) is 7.11 Å². The van der Waals surface area contributed by atoms with Crippen LogP contribution in [0.2, 0.25) is 0 Å². The van der Waals surface area contributed by atoms with Crippen LogP contribution in [0.3, 0.4) is 0 Å². The lowest BCUT2D eigenvalue weighted by atomic mass is 10.2.